The minimum absolute atomic E-state index is 0.0160. The van der Waals surface area contributed by atoms with E-state index in [0.717, 1.165) is 51.4 Å². The zero-order valence-electron chi connectivity index (χ0n) is 21.9. The fourth-order valence-corrected chi connectivity index (χ4v) is 6.82. The first-order valence-electron chi connectivity index (χ1n) is 13.8. The molecule has 5 rings (SSSR count). The van der Waals surface area contributed by atoms with E-state index >= 15 is 0 Å². The first-order valence-corrected chi connectivity index (χ1v) is 13.8. The Hall–Kier alpha value is -2.77. The second-order valence-corrected chi connectivity index (χ2v) is 11.0. The van der Waals surface area contributed by atoms with Crippen molar-refractivity contribution in [2.75, 3.05) is 0 Å². The molecule has 36 heavy (non-hydrogen) atoms. The Morgan fingerprint density at radius 2 is 1.39 bits per heavy atom. The zero-order chi connectivity index (χ0) is 25.7. The van der Waals surface area contributed by atoms with Crippen LogP contribution in [0.1, 0.15) is 91.9 Å². The fraction of sp³-hybridized carbons (Fsp3) is 0.679. The van der Waals surface area contributed by atoms with Gasteiger partial charge in [-0.1, -0.05) is 39.5 Å². The van der Waals surface area contributed by atoms with E-state index in [2.05, 4.69) is 10.2 Å². The number of hydrogen-bond donors (Lipinski definition) is 1. The van der Waals surface area contributed by atoms with Crippen molar-refractivity contribution in [3.8, 4) is 0 Å². The number of rotatable bonds is 7. The summed E-state index contributed by atoms with van der Waals surface area (Å²) in [5.74, 6) is -1.31. The monoisotopic (exact) mass is 494 g/mol. The Morgan fingerprint density at radius 3 is 1.89 bits per heavy atom. The first kappa shape index (κ1) is 24.9. The van der Waals surface area contributed by atoms with Gasteiger partial charge in [0.15, 0.2) is 5.78 Å². The molecule has 0 radical (unpaired) electrons. The molecule has 194 valence electrons. The number of aliphatic hydroxyl groups is 1. The van der Waals surface area contributed by atoms with Crippen LogP contribution >= 0.6 is 0 Å². The van der Waals surface area contributed by atoms with Gasteiger partial charge in [0.25, 0.3) is 11.8 Å². The summed E-state index contributed by atoms with van der Waals surface area (Å²) in [5.41, 5.74) is 1.42. The summed E-state index contributed by atoms with van der Waals surface area (Å²) in [4.78, 5) is 40.5. The summed E-state index contributed by atoms with van der Waals surface area (Å²) in [7, 11) is 0. The molecule has 2 aliphatic heterocycles. The number of nitrogens with zero attached hydrogens (tertiary/aromatic N) is 4. The predicted octanol–water partition coefficient (Wildman–Crippen LogP) is 4.67. The van der Waals surface area contributed by atoms with Crippen LogP contribution < -0.4 is 0 Å². The average molecular weight is 495 g/mol. The van der Waals surface area contributed by atoms with E-state index in [1.165, 1.54) is 5.01 Å². The molecule has 2 fully saturated rings. The largest absolute Gasteiger partial charge is 0.507 e. The van der Waals surface area contributed by atoms with Gasteiger partial charge in [-0.05, 0) is 64.2 Å². The number of hydrazone groups is 2. The van der Waals surface area contributed by atoms with Gasteiger partial charge in [-0.25, -0.2) is 10.0 Å². The van der Waals surface area contributed by atoms with Crippen LogP contribution in [0.2, 0.25) is 0 Å². The molecule has 8 heteroatoms. The molecule has 3 unspecified atom stereocenters. The number of hydrogen-bond acceptors (Lipinski definition) is 6. The third kappa shape index (κ3) is 3.75. The van der Waals surface area contributed by atoms with Gasteiger partial charge in [0.05, 0.1) is 40.2 Å². The minimum atomic E-state index is -0.872. The summed E-state index contributed by atoms with van der Waals surface area (Å²) in [6.07, 6.45) is 9.93. The smallest absolute Gasteiger partial charge is 0.277 e. The number of allylic oxidation sites excluding steroid dienone is 1. The van der Waals surface area contributed by atoms with Crippen LogP contribution in [0.25, 0.3) is 0 Å². The number of ketones is 1. The maximum atomic E-state index is 13.5. The summed E-state index contributed by atoms with van der Waals surface area (Å²) in [5, 5.41) is 23.4. The summed E-state index contributed by atoms with van der Waals surface area (Å²) in [6.45, 7) is 7.85. The van der Waals surface area contributed by atoms with Gasteiger partial charge in [-0.3, -0.25) is 14.4 Å². The molecule has 3 aliphatic carbocycles. The summed E-state index contributed by atoms with van der Waals surface area (Å²) in [6, 6.07) is -0.0931. The molecule has 0 aromatic heterocycles. The van der Waals surface area contributed by atoms with Gasteiger partial charge in [0.2, 0.25) is 0 Å². The van der Waals surface area contributed by atoms with Gasteiger partial charge in [-0.15, -0.1) is 0 Å². The molecule has 3 atom stereocenters. The molecule has 0 bridgehead atoms. The van der Waals surface area contributed by atoms with Crippen molar-refractivity contribution < 1.29 is 19.5 Å². The van der Waals surface area contributed by atoms with Crippen molar-refractivity contribution in [1.29, 1.82) is 0 Å². The predicted molar refractivity (Wildman–Crippen MR) is 137 cm³/mol. The van der Waals surface area contributed by atoms with Gasteiger partial charge in [-0.2, -0.15) is 10.2 Å². The van der Waals surface area contributed by atoms with Crippen molar-refractivity contribution in [3.63, 3.8) is 0 Å². The molecule has 2 saturated carbocycles. The van der Waals surface area contributed by atoms with Crippen molar-refractivity contribution >= 4 is 29.0 Å². The highest BCUT2D eigenvalue weighted by atomic mass is 16.3. The van der Waals surface area contributed by atoms with Crippen LogP contribution in [0.15, 0.2) is 32.7 Å². The van der Waals surface area contributed by atoms with E-state index in [-0.39, 0.29) is 46.4 Å². The standard InChI is InChI=1S/C28H38N4O4/c1-5-19-21(27(35)31(29-19)15(3)17-11-7-8-12-17)23-25(33)24(26(23)34)22-20(6-2)30-32(28(22)36)16(4)18-13-9-10-14-18/h15-18,21,33H,5-14H2,1-4H3/b24-22-. The van der Waals surface area contributed by atoms with Crippen LogP contribution in [0.4, 0.5) is 0 Å². The lowest BCUT2D eigenvalue weighted by molar-refractivity contribution is -0.134. The number of aliphatic hydroxyl groups excluding tert-OH is 1. The number of amides is 2. The fourth-order valence-electron chi connectivity index (χ4n) is 6.82. The molecule has 0 aromatic carbocycles. The topological polar surface area (TPSA) is 103 Å². The Labute approximate surface area is 213 Å². The molecular formula is C28H38N4O4. The van der Waals surface area contributed by atoms with Gasteiger partial charge < -0.3 is 5.11 Å². The van der Waals surface area contributed by atoms with E-state index in [0.29, 0.717) is 36.1 Å². The molecular weight excluding hydrogens is 456 g/mol. The molecule has 1 N–H and O–H groups in total. The molecule has 8 nitrogen and oxygen atoms in total. The minimum Gasteiger partial charge on any atom is -0.507 e. The highest BCUT2D eigenvalue weighted by Gasteiger charge is 2.52. The van der Waals surface area contributed by atoms with Crippen molar-refractivity contribution in [3.05, 3.63) is 22.5 Å². The quantitative estimate of drug-likeness (QED) is 0.520. The summed E-state index contributed by atoms with van der Waals surface area (Å²) >= 11 is 0. The second kappa shape index (κ2) is 9.60. The molecule has 0 saturated heterocycles. The maximum absolute atomic E-state index is 13.5. The Bertz CT molecular complexity index is 1100. The average Bonchev–Trinajstić information content (AvgIpc) is 3.68. The molecule has 0 spiro atoms. The van der Waals surface area contributed by atoms with Gasteiger partial charge in [0.1, 0.15) is 11.7 Å². The van der Waals surface area contributed by atoms with Crippen LogP contribution in [-0.2, 0) is 14.4 Å². The highest BCUT2D eigenvalue weighted by molar-refractivity contribution is 6.35. The maximum Gasteiger partial charge on any atom is 0.277 e. The van der Waals surface area contributed by atoms with Gasteiger partial charge in [0, 0.05) is 0 Å². The molecule has 0 aromatic rings. The lowest BCUT2D eigenvalue weighted by Gasteiger charge is -2.30. The van der Waals surface area contributed by atoms with E-state index in [4.69, 9.17) is 0 Å². The van der Waals surface area contributed by atoms with E-state index in [9.17, 15) is 19.5 Å². The number of carbonyl (C=O) groups is 3. The van der Waals surface area contributed by atoms with Crippen molar-refractivity contribution in [2.24, 2.45) is 28.0 Å². The molecule has 2 heterocycles. The van der Waals surface area contributed by atoms with Crippen molar-refractivity contribution in [1.82, 2.24) is 10.0 Å². The normalized spacial score (nSPS) is 29.4. The SMILES string of the molecule is CCC1=NN(C(C)C2CCCC2)C(=O)/C1=C1\C(=O)C(C2C(=O)N(C(C)C3CCCC3)N=C2CC)=C1O. The van der Waals surface area contributed by atoms with E-state index in [1.54, 1.807) is 5.01 Å². The Balaban J connectivity index is 1.45. The van der Waals surface area contributed by atoms with Crippen LogP contribution in [0.5, 0.6) is 0 Å². The third-order valence-electron chi connectivity index (χ3n) is 9.12. The van der Waals surface area contributed by atoms with Crippen LogP contribution in [-0.4, -0.2) is 56.2 Å². The van der Waals surface area contributed by atoms with Crippen LogP contribution in [0.3, 0.4) is 0 Å². The number of carbonyl (C=O) groups excluding carboxylic acids is 3. The Morgan fingerprint density at radius 1 is 0.833 bits per heavy atom. The van der Waals surface area contributed by atoms with Gasteiger partial charge >= 0.3 is 0 Å². The zero-order valence-corrected chi connectivity index (χ0v) is 21.9. The third-order valence-corrected chi connectivity index (χ3v) is 9.12. The number of Topliss-reactive ketones (excluding diaryl/α,β-unsaturated/α-hetero) is 1. The molecule has 5 aliphatic rings. The second-order valence-electron chi connectivity index (χ2n) is 11.0. The summed E-state index contributed by atoms with van der Waals surface area (Å²) < 4.78 is 0. The highest BCUT2D eigenvalue weighted by Crippen LogP contribution is 2.43. The first-order chi connectivity index (χ1) is 17.3. The Kier molecular flexibility index (Phi) is 6.64. The molecule has 2 amide bonds. The lowest BCUT2D eigenvalue weighted by Crippen LogP contribution is -2.42. The van der Waals surface area contributed by atoms with E-state index < -0.39 is 11.7 Å². The van der Waals surface area contributed by atoms with Crippen molar-refractivity contribution in [2.45, 2.75) is 104 Å². The lowest BCUT2D eigenvalue weighted by atomic mass is 9.74. The van der Waals surface area contributed by atoms with E-state index in [1.807, 2.05) is 27.7 Å². The van der Waals surface area contributed by atoms with Crippen LogP contribution in [0, 0.1) is 17.8 Å².